The third-order valence-electron chi connectivity index (χ3n) is 1.55. The van der Waals surface area contributed by atoms with Crippen LogP contribution in [-0.4, -0.2) is 29.7 Å². The minimum atomic E-state index is -0.0994. The topological polar surface area (TPSA) is 51.0 Å². The van der Waals surface area contributed by atoms with E-state index in [1.807, 2.05) is 4.57 Å². The first-order valence-corrected chi connectivity index (χ1v) is 3.56. The molecule has 0 bridgehead atoms. The Morgan fingerprint density at radius 2 is 2.36 bits per heavy atom. The van der Waals surface area contributed by atoms with Gasteiger partial charge in [0.1, 0.15) is 6.54 Å². The van der Waals surface area contributed by atoms with Gasteiger partial charge in [0.15, 0.2) is 6.29 Å². The number of nitrogens with one attached hydrogen (secondary N) is 1. The van der Waals surface area contributed by atoms with Crippen LogP contribution in [0.15, 0.2) is 12.7 Å². The normalized spacial score (nSPS) is 19.3. The fourth-order valence-electron chi connectivity index (χ4n) is 1.03. The van der Waals surface area contributed by atoms with Crippen LogP contribution < -0.4 is 4.57 Å². The minimum Gasteiger partial charge on any atom is -0.347 e. The molecule has 1 fully saturated rings. The Bertz CT molecular complexity index is 206. The van der Waals surface area contributed by atoms with Gasteiger partial charge in [-0.2, -0.15) is 0 Å². The summed E-state index contributed by atoms with van der Waals surface area (Å²) in [6.07, 6.45) is 3.37. The molecule has 1 saturated heterocycles. The van der Waals surface area contributed by atoms with Crippen LogP contribution in [0.25, 0.3) is 0 Å². The van der Waals surface area contributed by atoms with Gasteiger partial charge in [0.25, 0.3) is 6.33 Å². The Morgan fingerprint density at radius 1 is 1.55 bits per heavy atom. The van der Waals surface area contributed by atoms with Gasteiger partial charge in [-0.1, -0.05) is 0 Å². The number of hydrogen-bond donors (Lipinski definition) is 1. The van der Waals surface area contributed by atoms with E-state index in [1.54, 1.807) is 12.7 Å². The summed E-state index contributed by atoms with van der Waals surface area (Å²) in [4.78, 5) is 0. The first kappa shape index (κ1) is 6.75. The van der Waals surface area contributed by atoms with Crippen molar-refractivity contribution in [1.82, 2.24) is 10.2 Å². The molecule has 2 heterocycles. The highest BCUT2D eigenvalue weighted by atomic mass is 16.7. The predicted octanol–water partition coefficient (Wildman–Crippen LogP) is -0.930. The summed E-state index contributed by atoms with van der Waals surface area (Å²) in [5.41, 5.74) is 0. The maximum absolute atomic E-state index is 5.24. The van der Waals surface area contributed by atoms with Crippen molar-refractivity contribution < 1.29 is 14.0 Å². The van der Waals surface area contributed by atoms with Crippen molar-refractivity contribution in [1.29, 1.82) is 0 Å². The quantitative estimate of drug-likeness (QED) is 0.563. The molecule has 60 valence electrons. The second-order valence-corrected chi connectivity index (χ2v) is 2.37. The molecule has 5 heteroatoms. The van der Waals surface area contributed by atoms with Crippen LogP contribution >= 0.6 is 0 Å². The maximum atomic E-state index is 5.24. The summed E-state index contributed by atoms with van der Waals surface area (Å²) < 4.78 is 12.4. The predicted molar refractivity (Wildman–Crippen MR) is 34.5 cm³/mol. The van der Waals surface area contributed by atoms with Crippen LogP contribution in [0.3, 0.4) is 0 Å². The molecule has 1 N–H and O–H groups in total. The van der Waals surface area contributed by atoms with E-state index in [2.05, 4.69) is 10.2 Å². The van der Waals surface area contributed by atoms with Crippen molar-refractivity contribution >= 4 is 0 Å². The van der Waals surface area contributed by atoms with E-state index in [4.69, 9.17) is 9.47 Å². The summed E-state index contributed by atoms with van der Waals surface area (Å²) in [6.45, 7) is 2.10. The zero-order valence-electron chi connectivity index (χ0n) is 6.06. The number of nitrogens with zero attached hydrogens (tertiary/aromatic N) is 2. The van der Waals surface area contributed by atoms with Crippen LogP contribution in [0.4, 0.5) is 0 Å². The second kappa shape index (κ2) is 2.98. The molecule has 1 aliphatic heterocycles. The monoisotopic (exact) mass is 156 g/mol. The van der Waals surface area contributed by atoms with E-state index in [-0.39, 0.29) is 6.29 Å². The number of rotatable bonds is 2. The molecule has 2 rings (SSSR count). The third kappa shape index (κ3) is 1.55. The van der Waals surface area contributed by atoms with Gasteiger partial charge in [0, 0.05) is 5.10 Å². The van der Waals surface area contributed by atoms with Crippen LogP contribution in [0.1, 0.15) is 0 Å². The highest BCUT2D eigenvalue weighted by molar-refractivity contribution is 4.45. The Morgan fingerprint density at radius 3 is 3.00 bits per heavy atom. The fraction of sp³-hybridized carbons (Fsp3) is 0.667. The van der Waals surface area contributed by atoms with E-state index >= 15 is 0 Å². The third-order valence-corrected chi connectivity index (χ3v) is 1.55. The Kier molecular flexibility index (Phi) is 1.83. The van der Waals surface area contributed by atoms with Gasteiger partial charge in [0.05, 0.1) is 13.2 Å². The maximum Gasteiger partial charge on any atom is 0.265 e. The van der Waals surface area contributed by atoms with Crippen LogP contribution in [0.2, 0.25) is 0 Å². The fourth-order valence-corrected chi connectivity index (χ4v) is 1.03. The van der Waals surface area contributed by atoms with Crippen molar-refractivity contribution in [2.24, 2.45) is 0 Å². The summed E-state index contributed by atoms with van der Waals surface area (Å²) in [7, 11) is 0. The number of H-pyrrole nitrogens is 1. The van der Waals surface area contributed by atoms with Crippen molar-refractivity contribution in [3.63, 3.8) is 0 Å². The smallest absolute Gasteiger partial charge is 0.265 e. The van der Waals surface area contributed by atoms with E-state index < -0.39 is 0 Å². The van der Waals surface area contributed by atoms with E-state index in [9.17, 15) is 0 Å². The standard InChI is InChI=1S/C6H9N3O2/c1-2-11-6(10-1)3-9-4-7-8-5-9/h4-6H,1-3H2/p+1. The summed E-state index contributed by atoms with van der Waals surface area (Å²) in [5.74, 6) is 0. The molecule has 1 aromatic heterocycles. The van der Waals surface area contributed by atoms with Gasteiger partial charge in [-0.3, -0.25) is 0 Å². The van der Waals surface area contributed by atoms with E-state index in [1.165, 1.54) is 0 Å². The molecule has 1 aliphatic rings. The minimum absolute atomic E-state index is 0.0994. The lowest BCUT2D eigenvalue weighted by Crippen LogP contribution is -2.38. The van der Waals surface area contributed by atoms with E-state index in [0.717, 1.165) is 0 Å². The number of aromatic nitrogens is 3. The molecule has 0 aliphatic carbocycles. The largest absolute Gasteiger partial charge is 0.347 e. The first-order chi connectivity index (χ1) is 5.45. The van der Waals surface area contributed by atoms with Gasteiger partial charge < -0.3 is 9.47 Å². The molecule has 0 unspecified atom stereocenters. The average Bonchev–Trinajstić information content (AvgIpc) is 2.60. The summed E-state index contributed by atoms with van der Waals surface area (Å²) >= 11 is 0. The number of aromatic amines is 1. The van der Waals surface area contributed by atoms with Gasteiger partial charge in [-0.05, 0) is 0 Å². The van der Waals surface area contributed by atoms with Crippen LogP contribution in [0, 0.1) is 0 Å². The van der Waals surface area contributed by atoms with E-state index in [0.29, 0.717) is 19.8 Å². The highest BCUT2D eigenvalue weighted by Crippen LogP contribution is 2.02. The Labute approximate surface area is 63.9 Å². The molecule has 1 aromatic rings. The molecule has 0 amide bonds. The Balaban J connectivity index is 1.90. The molecule has 0 atom stereocenters. The van der Waals surface area contributed by atoms with Crippen LogP contribution in [0.5, 0.6) is 0 Å². The summed E-state index contributed by atoms with van der Waals surface area (Å²) in [5, 5.41) is 6.50. The molecule has 0 saturated carbocycles. The summed E-state index contributed by atoms with van der Waals surface area (Å²) in [6, 6.07) is 0. The molecule has 11 heavy (non-hydrogen) atoms. The van der Waals surface area contributed by atoms with Gasteiger partial charge in [-0.15, -0.1) is 5.10 Å². The molecule has 0 radical (unpaired) electrons. The van der Waals surface area contributed by atoms with Crippen LogP contribution in [-0.2, 0) is 16.0 Å². The van der Waals surface area contributed by atoms with Crippen molar-refractivity contribution in [2.75, 3.05) is 13.2 Å². The lowest BCUT2D eigenvalue weighted by molar-refractivity contribution is -0.709. The molecule has 5 nitrogen and oxygen atoms in total. The zero-order chi connectivity index (χ0) is 7.52. The Hall–Kier alpha value is -0.940. The van der Waals surface area contributed by atoms with Crippen molar-refractivity contribution in [3.8, 4) is 0 Å². The second-order valence-electron chi connectivity index (χ2n) is 2.37. The molecular weight excluding hydrogens is 146 g/mol. The molecular formula is C6H10N3O2+. The highest BCUT2D eigenvalue weighted by Gasteiger charge is 2.17. The lowest BCUT2D eigenvalue weighted by atomic mass is 10.6. The van der Waals surface area contributed by atoms with Gasteiger partial charge in [0.2, 0.25) is 6.33 Å². The zero-order valence-corrected chi connectivity index (χ0v) is 6.06. The van der Waals surface area contributed by atoms with Gasteiger partial charge >= 0.3 is 0 Å². The SMILES string of the molecule is c1n[nH]c[n+]1CC1OCCO1. The van der Waals surface area contributed by atoms with Gasteiger partial charge in [-0.25, -0.2) is 4.57 Å². The molecule has 0 spiro atoms. The molecule has 0 aromatic carbocycles. The first-order valence-electron chi connectivity index (χ1n) is 3.56. The number of ether oxygens (including phenoxy) is 2. The average molecular weight is 156 g/mol. The van der Waals surface area contributed by atoms with Crippen molar-refractivity contribution in [2.45, 2.75) is 12.8 Å². The lowest BCUT2D eigenvalue weighted by Gasteiger charge is -2.04. The van der Waals surface area contributed by atoms with Crippen molar-refractivity contribution in [3.05, 3.63) is 12.7 Å². The number of hydrogen-bond acceptors (Lipinski definition) is 3.